The Kier molecular flexibility index (Phi) is 11.4. The van der Waals surface area contributed by atoms with Crippen molar-refractivity contribution in [1.82, 2.24) is 5.32 Å². The summed E-state index contributed by atoms with van der Waals surface area (Å²) >= 11 is 0. The predicted molar refractivity (Wildman–Crippen MR) is 121 cm³/mol. The molecule has 1 aromatic carbocycles. The number of aliphatic hydroxyl groups excluding tert-OH is 1. The normalized spacial score (nSPS) is 13.6. The Balaban J connectivity index is 2.78. The van der Waals surface area contributed by atoms with Gasteiger partial charge in [0.05, 0.1) is 18.5 Å². The summed E-state index contributed by atoms with van der Waals surface area (Å²) in [5.74, 6) is -1.79. The topological polar surface area (TPSA) is 155 Å². The molecule has 34 heavy (non-hydrogen) atoms. The number of rotatable bonds is 13. The molecule has 0 fully saturated rings. The van der Waals surface area contributed by atoms with Gasteiger partial charge in [-0.05, 0) is 20.3 Å². The van der Waals surface area contributed by atoms with E-state index in [0.717, 1.165) is 0 Å². The fourth-order valence-corrected chi connectivity index (χ4v) is 3.56. The minimum absolute atomic E-state index is 0.134. The van der Waals surface area contributed by atoms with Gasteiger partial charge in [-0.1, -0.05) is 44.2 Å². The standard InChI is InChI=1S/C22H33NO10S/c1-15(2)31-21(27)33-20(17-10-7-6-8-11-17)32-19(26)18(25)22(4,5)14-30-34(28,29)13-9-12-23-16(3)24/h6-8,10-11,15,18,20,25H,9,12-14H2,1-5H3,(H,23,24)/t18-,20?/m0/s1. The third-order valence-corrected chi connectivity index (χ3v) is 5.61. The Morgan fingerprint density at radius 2 is 1.68 bits per heavy atom. The molecule has 0 aliphatic heterocycles. The second-order valence-corrected chi connectivity index (χ2v) is 10.2. The maximum Gasteiger partial charge on any atom is 0.511 e. The zero-order chi connectivity index (χ0) is 25.9. The van der Waals surface area contributed by atoms with Gasteiger partial charge in [0, 0.05) is 24.4 Å². The molecule has 0 aliphatic rings. The summed E-state index contributed by atoms with van der Waals surface area (Å²) in [6, 6.07) is 8.08. The number of ether oxygens (including phenoxy) is 3. The van der Waals surface area contributed by atoms with Gasteiger partial charge >= 0.3 is 12.1 Å². The second-order valence-electron chi connectivity index (χ2n) is 8.47. The van der Waals surface area contributed by atoms with Gasteiger partial charge in [0.15, 0.2) is 6.10 Å². The van der Waals surface area contributed by atoms with Crippen LogP contribution in [0, 0.1) is 5.41 Å². The first kappa shape index (κ1) is 29.3. The predicted octanol–water partition coefficient (Wildman–Crippen LogP) is 2.05. The highest BCUT2D eigenvalue weighted by Crippen LogP contribution is 2.27. The number of carbonyl (C=O) groups is 3. The molecule has 12 heteroatoms. The molecule has 0 spiro atoms. The number of aliphatic hydroxyl groups is 1. The molecule has 0 bridgehead atoms. The van der Waals surface area contributed by atoms with Crippen LogP contribution in [0.4, 0.5) is 4.79 Å². The first-order chi connectivity index (χ1) is 15.7. The van der Waals surface area contributed by atoms with E-state index in [1.165, 1.54) is 20.8 Å². The third kappa shape index (κ3) is 10.9. The molecule has 0 saturated carbocycles. The maximum atomic E-state index is 12.6. The molecule has 0 aromatic heterocycles. The first-order valence-electron chi connectivity index (χ1n) is 10.7. The number of amides is 1. The maximum absolute atomic E-state index is 12.6. The van der Waals surface area contributed by atoms with E-state index in [1.807, 2.05) is 0 Å². The Bertz CT molecular complexity index is 915. The van der Waals surface area contributed by atoms with Crippen LogP contribution >= 0.6 is 0 Å². The van der Waals surface area contributed by atoms with E-state index in [0.29, 0.717) is 5.56 Å². The molecule has 1 amide bonds. The van der Waals surface area contributed by atoms with Gasteiger partial charge in [-0.25, -0.2) is 9.59 Å². The molecule has 2 atom stereocenters. The Morgan fingerprint density at radius 3 is 2.24 bits per heavy atom. The molecule has 2 N–H and O–H groups in total. The molecule has 1 rings (SSSR count). The summed E-state index contributed by atoms with van der Waals surface area (Å²) in [6.45, 7) is 7.02. The van der Waals surface area contributed by atoms with E-state index in [9.17, 15) is 27.9 Å². The van der Waals surface area contributed by atoms with Crippen molar-refractivity contribution in [1.29, 1.82) is 0 Å². The van der Waals surface area contributed by atoms with Crippen molar-refractivity contribution in [3.8, 4) is 0 Å². The highest BCUT2D eigenvalue weighted by molar-refractivity contribution is 7.86. The van der Waals surface area contributed by atoms with Gasteiger partial charge < -0.3 is 24.6 Å². The molecule has 1 aromatic rings. The van der Waals surface area contributed by atoms with Crippen LogP contribution in [0.1, 0.15) is 52.9 Å². The Labute approximate surface area is 199 Å². The quantitative estimate of drug-likeness (QED) is 0.177. The number of hydrogen-bond acceptors (Lipinski definition) is 10. The minimum Gasteiger partial charge on any atom is -0.431 e. The molecule has 1 unspecified atom stereocenters. The summed E-state index contributed by atoms with van der Waals surface area (Å²) in [5, 5.41) is 13.0. The fourth-order valence-electron chi connectivity index (χ4n) is 2.46. The van der Waals surface area contributed by atoms with E-state index in [1.54, 1.807) is 44.2 Å². The van der Waals surface area contributed by atoms with Crippen LogP contribution in [0.25, 0.3) is 0 Å². The highest BCUT2D eigenvalue weighted by atomic mass is 32.2. The SMILES string of the molecule is CC(=O)NCCCS(=O)(=O)OCC(C)(C)[C@@H](O)C(=O)OC(OC(=O)OC(C)C)c1ccccc1. The van der Waals surface area contributed by atoms with E-state index in [2.05, 4.69) is 5.32 Å². The zero-order valence-electron chi connectivity index (χ0n) is 20.0. The van der Waals surface area contributed by atoms with Gasteiger partial charge in [0.1, 0.15) is 0 Å². The monoisotopic (exact) mass is 503 g/mol. The highest BCUT2D eigenvalue weighted by Gasteiger charge is 2.38. The lowest BCUT2D eigenvalue weighted by atomic mass is 9.87. The summed E-state index contributed by atoms with van der Waals surface area (Å²) in [4.78, 5) is 35.4. The molecule has 0 heterocycles. The largest absolute Gasteiger partial charge is 0.511 e. The zero-order valence-corrected chi connectivity index (χ0v) is 20.8. The lowest BCUT2D eigenvalue weighted by Crippen LogP contribution is -2.42. The van der Waals surface area contributed by atoms with Crippen molar-refractivity contribution in [2.75, 3.05) is 18.9 Å². The van der Waals surface area contributed by atoms with Crippen molar-refractivity contribution >= 4 is 28.1 Å². The Morgan fingerprint density at radius 1 is 1.06 bits per heavy atom. The molecule has 0 aliphatic carbocycles. The van der Waals surface area contributed by atoms with E-state index >= 15 is 0 Å². The average molecular weight is 504 g/mol. The van der Waals surface area contributed by atoms with Gasteiger partial charge in [-0.2, -0.15) is 8.42 Å². The van der Waals surface area contributed by atoms with E-state index in [4.69, 9.17) is 18.4 Å². The van der Waals surface area contributed by atoms with Crippen LogP contribution < -0.4 is 5.32 Å². The fraction of sp³-hybridized carbons (Fsp3) is 0.591. The van der Waals surface area contributed by atoms with Crippen LogP contribution in [0.15, 0.2) is 30.3 Å². The summed E-state index contributed by atoms with van der Waals surface area (Å²) in [5.41, 5.74) is -1.05. The van der Waals surface area contributed by atoms with Gasteiger partial charge in [0.25, 0.3) is 16.4 Å². The Hall–Kier alpha value is -2.70. The van der Waals surface area contributed by atoms with Crippen LogP contribution in [0.3, 0.4) is 0 Å². The number of hydrogen-bond donors (Lipinski definition) is 2. The number of carbonyl (C=O) groups excluding carboxylic acids is 3. The summed E-state index contributed by atoms with van der Waals surface area (Å²) < 4.78 is 44.3. The van der Waals surface area contributed by atoms with Crippen LogP contribution in [-0.4, -0.2) is 62.7 Å². The molecular formula is C22H33NO10S. The summed E-state index contributed by atoms with van der Waals surface area (Å²) in [6.07, 6.45) is -4.71. The molecular weight excluding hydrogens is 470 g/mol. The van der Waals surface area contributed by atoms with Crippen molar-refractivity contribution in [3.05, 3.63) is 35.9 Å². The van der Waals surface area contributed by atoms with E-state index in [-0.39, 0.29) is 24.6 Å². The molecule has 0 radical (unpaired) electrons. The van der Waals surface area contributed by atoms with Gasteiger partial charge in [-0.3, -0.25) is 8.98 Å². The number of benzene rings is 1. The summed E-state index contributed by atoms with van der Waals surface area (Å²) in [7, 11) is -3.97. The molecule has 192 valence electrons. The number of esters is 1. The van der Waals surface area contributed by atoms with Crippen molar-refractivity contribution in [2.24, 2.45) is 5.41 Å². The van der Waals surface area contributed by atoms with Crippen molar-refractivity contribution in [3.63, 3.8) is 0 Å². The lowest BCUT2D eigenvalue weighted by molar-refractivity contribution is -0.189. The van der Waals surface area contributed by atoms with Gasteiger partial charge in [0.2, 0.25) is 5.91 Å². The lowest BCUT2D eigenvalue weighted by Gasteiger charge is -2.29. The van der Waals surface area contributed by atoms with Crippen molar-refractivity contribution < 1.29 is 46.3 Å². The van der Waals surface area contributed by atoms with Gasteiger partial charge in [-0.15, -0.1) is 0 Å². The molecule has 11 nitrogen and oxygen atoms in total. The first-order valence-corrected chi connectivity index (χ1v) is 12.2. The third-order valence-electron chi connectivity index (χ3n) is 4.35. The van der Waals surface area contributed by atoms with Crippen LogP contribution in [0.5, 0.6) is 0 Å². The van der Waals surface area contributed by atoms with Crippen molar-refractivity contribution in [2.45, 2.75) is 59.5 Å². The molecule has 0 saturated heterocycles. The second kappa shape index (κ2) is 13.3. The number of nitrogens with one attached hydrogen (secondary N) is 1. The minimum atomic E-state index is -3.97. The smallest absolute Gasteiger partial charge is 0.431 e. The average Bonchev–Trinajstić information content (AvgIpc) is 2.74. The van der Waals surface area contributed by atoms with Crippen LogP contribution in [-0.2, 0) is 38.1 Å². The van der Waals surface area contributed by atoms with E-state index < -0.39 is 52.8 Å². The van der Waals surface area contributed by atoms with Crippen LogP contribution in [0.2, 0.25) is 0 Å².